The predicted octanol–water partition coefficient (Wildman–Crippen LogP) is 3.15. The van der Waals surface area contributed by atoms with Crippen molar-refractivity contribution in [1.82, 2.24) is 15.0 Å². The zero-order chi connectivity index (χ0) is 14.8. The van der Waals surface area contributed by atoms with Gasteiger partial charge in [0.15, 0.2) is 11.6 Å². The first-order valence-corrected chi connectivity index (χ1v) is 7.35. The summed E-state index contributed by atoms with van der Waals surface area (Å²) in [7, 11) is 0. The summed E-state index contributed by atoms with van der Waals surface area (Å²) >= 11 is 0. The summed E-state index contributed by atoms with van der Waals surface area (Å²) in [6.07, 6.45) is 4.38. The van der Waals surface area contributed by atoms with Gasteiger partial charge in [-0.1, -0.05) is 19.0 Å². The molecule has 2 aromatic rings. The van der Waals surface area contributed by atoms with Crippen molar-refractivity contribution in [1.29, 1.82) is 0 Å². The van der Waals surface area contributed by atoms with E-state index in [4.69, 9.17) is 8.94 Å². The average Bonchev–Trinajstić information content (AvgIpc) is 3.18. The molecule has 21 heavy (non-hydrogen) atoms. The number of rotatable bonds is 3. The highest BCUT2D eigenvalue weighted by molar-refractivity contribution is 5.91. The fourth-order valence-electron chi connectivity index (χ4n) is 2.59. The molecule has 0 aromatic carbocycles. The number of piperidine rings is 1. The summed E-state index contributed by atoms with van der Waals surface area (Å²) in [5.74, 6) is 1.65. The minimum atomic E-state index is -0.156. The van der Waals surface area contributed by atoms with Crippen LogP contribution in [0.1, 0.15) is 67.3 Å². The molecule has 6 nitrogen and oxygen atoms in total. The normalized spacial score (nSPS) is 19.2. The van der Waals surface area contributed by atoms with Crippen LogP contribution in [-0.4, -0.2) is 27.5 Å². The van der Waals surface area contributed by atoms with Crippen LogP contribution in [0, 0.1) is 0 Å². The predicted molar refractivity (Wildman–Crippen MR) is 74.7 cm³/mol. The van der Waals surface area contributed by atoms with E-state index in [2.05, 4.69) is 10.1 Å². The van der Waals surface area contributed by atoms with Gasteiger partial charge < -0.3 is 13.8 Å². The van der Waals surface area contributed by atoms with Gasteiger partial charge in [0.25, 0.3) is 5.91 Å². The second kappa shape index (κ2) is 5.71. The average molecular weight is 289 g/mol. The van der Waals surface area contributed by atoms with Crippen LogP contribution in [0.3, 0.4) is 0 Å². The molecule has 1 aliphatic heterocycles. The van der Waals surface area contributed by atoms with Crippen molar-refractivity contribution in [3.63, 3.8) is 0 Å². The number of carbonyl (C=O) groups excluding carboxylic acids is 1. The van der Waals surface area contributed by atoms with Crippen LogP contribution in [0.4, 0.5) is 0 Å². The summed E-state index contributed by atoms with van der Waals surface area (Å²) in [5.41, 5.74) is 0. The molecule has 0 spiro atoms. The standard InChI is InChI=1S/C15H19N3O3/c1-10(2)13-16-14(21-17-13)11-6-3-4-8-18(11)15(19)12-7-5-9-20-12/h5,7,9-11H,3-4,6,8H2,1-2H3/t11-/m0/s1. The Hall–Kier alpha value is -2.11. The molecule has 3 heterocycles. The highest BCUT2D eigenvalue weighted by Gasteiger charge is 2.33. The van der Waals surface area contributed by atoms with E-state index >= 15 is 0 Å². The Balaban J connectivity index is 1.85. The molecule has 1 amide bonds. The fraction of sp³-hybridized carbons (Fsp3) is 0.533. The molecule has 1 fully saturated rings. The minimum absolute atomic E-state index is 0.117. The van der Waals surface area contributed by atoms with Crippen LogP contribution in [0.15, 0.2) is 27.3 Å². The Morgan fingerprint density at radius 3 is 2.95 bits per heavy atom. The molecule has 1 saturated heterocycles. The Morgan fingerprint density at radius 1 is 1.43 bits per heavy atom. The number of hydrogen-bond acceptors (Lipinski definition) is 5. The van der Waals surface area contributed by atoms with Crippen molar-refractivity contribution < 1.29 is 13.7 Å². The zero-order valence-corrected chi connectivity index (χ0v) is 12.3. The maximum absolute atomic E-state index is 12.5. The van der Waals surface area contributed by atoms with Crippen molar-refractivity contribution >= 4 is 5.91 Å². The van der Waals surface area contributed by atoms with Gasteiger partial charge >= 0.3 is 0 Å². The molecular formula is C15H19N3O3. The smallest absolute Gasteiger partial charge is 0.290 e. The first-order chi connectivity index (χ1) is 10.2. The van der Waals surface area contributed by atoms with Crippen LogP contribution in [0.5, 0.6) is 0 Å². The third kappa shape index (κ3) is 2.70. The highest BCUT2D eigenvalue weighted by atomic mass is 16.5. The molecule has 0 N–H and O–H groups in total. The van der Waals surface area contributed by atoms with Gasteiger partial charge in [-0.25, -0.2) is 0 Å². The molecule has 112 valence electrons. The lowest BCUT2D eigenvalue weighted by molar-refractivity contribution is 0.0529. The number of amides is 1. The van der Waals surface area contributed by atoms with Crippen molar-refractivity contribution in [2.45, 2.75) is 45.1 Å². The van der Waals surface area contributed by atoms with Gasteiger partial charge in [-0.3, -0.25) is 4.79 Å². The molecule has 0 radical (unpaired) electrons. The second-order valence-corrected chi connectivity index (χ2v) is 5.63. The summed E-state index contributed by atoms with van der Waals surface area (Å²) in [6.45, 7) is 4.71. The number of aromatic nitrogens is 2. The third-order valence-corrected chi connectivity index (χ3v) is 3.75. The van der Waals surface area contributed by atoms with Crippen molar-refractivity contribution in [2.75, 3.05) is 6.54 Å². The van der Waals surface area contributed by atoms with Crippen LogP contribution >= 0.6 is 0 Å². The monoisotopic (exact) mass is 289 g/mol. The number of nitrogens with zero attached hydrogens (tertiary/aromatic N) is 3. The third-order valence-electron chi connectivity index (χ3n) is 3.75. The van der Waals surface area contributed by atoms with Crippen molar-refractivity contribution in [3.8, 4) is 0 Å². The number of likely N-dealkylation sites (tertiary alicyclic amines) is 1. The first-order valence-electron chi connectivity index (χ1n) is 7.35. The lowest BCUT2D eigenvalue weighted by atomic mass is 10.0. The molecule has 0 aliphatic carbocycles. The first kappa shape index (κ1) is 13.9. The minimum Gasteiger partial charge on any atom is -0.459 e. The maximum Gasteiger partial charge on any atom is 0.290 e. The Kier molecular flexibility index (Phi) is 3.77. The number of carbonyl (C=O) groups is 1. The lowest BCUT2D eigenvalue weighted by Crippen LogP contribution is -2.38. The Bertz CT molecular complexity index is 603. The molecule has 6 heteroatoms. The fourth-order valence-corrected chi connectivity index (χ4v) is 2.59. The molecule has 1 atom stereocenters. The molecule has 1 aliphatic rings. The number of hydrogen-bond donors (Lipinski definition) is 0. The molecule has 3 rings (SSSR count). The largest absolute Gasteiger partial charge is 0.459 e. The molecule has 2 aromatic heterocycles. The van der Waals surface area contributed by atoms with Gasteiger partial charge in [-0.05, 0) is 31.4 Å². The SMILES string of the molecule is CC(C)c1noc([C@@H]2CCCCN2C(=O)c2ccco2)n1. The molecule has 0 saturated carbocycles. The van der Waals surface area contributed by atoms with E-state index in [1.807, 2.05) is 13.8 Å². The molecule has 0 unspecified atom stereocenters. The highest BCUT2D eigenvalue weighted by Crippen LogP contribution is 2.31. The molecule has 0 bridgehead atoms. The van der Waals surface area contributed by atoms with E-state index in [0.717, 1.165) is 19.3 Å². The summed E-state index contributed by atoms with van der Waals surface area (Å²) in [4.78, 5) is 18.8. The summed E-state index contributed by atoms with van der Waals surface area (Å²) < 4.78 is 10.6. The van der Waals surface area contributed by atoms with Gasteiger partial charge in [0.2, 0.25) is 5.89 Å². The van der Waals surface area contributed by atoms with E-state index in [1.165, 1.54) is 6.26 Å². The quantitative estimate of drug-likeness (QED) is 0.867. The van der Waals surface area contributed by atoms with E-state index in [0.29, 0.717) is 24.0 Å². The second-order valence-electron chi connectivity index (χ2n) is 5.63. The van der Waals surface area contributed by atoms with Crippen molar-refractivity contribution in [3.05, 3.63) is 35.9 Å². The van der Waals surface area contributed by atoms with Crippen LogP contribution < -0.4 is 0 Å². The van der Waals surface area contributed by atoms with Crippen molar-refractivity contribution in [2.24, 2.45) is 0 Å². The topological polar surface area (TPSA) is 72.4 Å². The van der Waals surface area contributed by atoms with Gasteiger partial charge in [0.1, 0.15) is 6.04 Å². The molecular weight excluding hydrogens is 270 g/mol. The van der Waals surface area contributed by atoms with Gasteiger partial charge in [0.05, 0.1) is 6.26 Å². The zero-order valence-electron chi connectivity index (χ0n) is 12.3. The summed E-state index contributed by atoms with van der Waals surface area (Å²) in [5, 5.41) is 4.00. The van der Waals surface area contributed by atoms with Crippen LogP contribution in [0.2, 0.25) is 0 Å². The van der Waals surface area contributed by atoms with E-state index < -0.39 is 0 Å². The van der Waals surface area contributed by atoms with Crippen LogP contribution in [-0.2, 0) is 0 Å². The lowest BCUT2D eigenvalue weighted by Gasteiger charge is -2.32. The Labute approximate surface area is 123 Å². The van der Waals surface area contributed by atoms with E-state index in [-0.39, 0.29) is 17.9 Å². The Morgan fingerprint density at radius 2 is 2.29 bits per heavy atom. The summed E-state index contributed by atoms with van der Waals surface area (Å²) in [6, 6.07) is 3.24. The van der Waals surface area contributed by atoms with Gasteiger partial charge in [-0.2, -0.15) is 4.98 Å². The van der Waals surface area contributed by atoms with Gasteiger partial charge in [0, 0.05) is 12.5 Å². The van der Waals surface area contributed by atoms with Gasteiger partial charge in [-0.15, -0.1) is 0 Å². The maximum atomic E-state index is 12.5. The van der Waals surface area contributed by atoms with E-state index in [9.17, 15) is 4.79 Å². The van der Waals surface area contributed by atoms with Crippen LogP contribution in [0.25, 0.3) is 0 Å². The number of furan rings is 1. The van der Waals surface area contributed by atoms with E-state index in [1.54, 1.807) is 17.0 Å².